The monoisotopic (exact) mass is 440 g/mol. The first-order valence-electron chi connectivity index (χ1n) is 11.0. The average Bonchev–Trinajstić information content (AvgIpc) is 3.57. The number of carbonyl (C=O) groups excluding carboxylic acids is 2. The Labute approximate surface area is 186 Å². The van der Waals surface area contributed by atoms with Gasteiger partial charge in [-0.2, -0.15) is 0 Å². The van der Waals surface area contributed by atoms with E-state index >= 15 is 0 Å². The molecular formula is C25H26ClFN2O2. The lowest BCUT2D eigenvalue weighted by Crippen LogP contribution is -2.54. The van der Waals surface area contributed by atoms with Gasteiger partial charge in [0.1, 0.15) is 5.82 Å². The Morgan fingerprint density at radius 1 is 1.03 bits per heavy atom. The molecule has 2 saturated heterocycles. The SMILES string of the molecule is O=C1CC2(CCN(C(=O)C3(c4ccccc4Cl)CC3)CC2)C(c2ccc(F)cc2)CN1. The summed E-state index contributed by atoms with van der Waals surface area (Å²) in [6.07, 6.45) is 3.65. The van der Waals surface area contributed by atoms with Gasteiger partial charge in [-0.25, -0.2) is 4.39 Å². The summed E-state index contributed by atoms with van der Waals surface area (Å²) in [5.74, 6) is 0.0933. The minimum Gasteiger partial charge on any atom is -0.355 e. The van der Waals surface area contributed by atoms with Crippen molar-refractivity contribution in [2.45, 2.75) is 43.4 Å². The van der Waals surface area contributed by atoms with Gasteiger partial charge in [0.15, 0.2) is 0 Å². The molecule has 3 fully saturated rings. The maximum absolute atomic E-state index is 13.5. The largest absolute Gasteiger partial charge is 0.355 e. The summed E-state index contributed by atoms with van der Waals surface area (Å²) in [6.45, 7) is 1.83. The number of hydrogen-bond acceptors (Lipinski definition) is 2. The fraction of sp³-hybridized carbons (Fsp3) is 0.440. The van der Waals surface area contributed by atoms with E-state index in [1.54, 1.807) is 0 Å². The third kappa shape index (κ3) is 3.53. The molecule has 1 saturated carbocycles. The first kappa shape index (κ1) is 20.5. The molecule has 0 aromatic heterocycles. The van der Waals surface area contributed by atoms with Crippen molar-refractivity contribution in [1.29, 1.82) is 0 Å². The van der Waals surface area contributed by atoms with E-state index in [4.69, 9.17) is 11.6 Å². The Morgan fingerprint density at radius 3 is 2.35 bits per heavy atom. The van der Waals surface area contributed by atoms with Crippen LogP contribution in [0.15, 0.2) is 48.5 Å². The highest BCUT2D eigenvalue weighted by Gasteiger charge is 2.55. The number of likely N-dealkylation sites (tertiary alicyclic amines) is 1. The number of amides is 2. The summed E-state index contributed by atoms with van der Waals surface area (Å²) in [7, 11) is 0. The van der Waals surface area contributed by atoms with Gasteiger partial charge in [-0.3, -0.25) is 9.59 Å². The van der Waals surface area contributed by atoms with Crippen molar-refractivity contribution in [1.82, 2.24) is 10.2 Å². The predicted molar refractivity (Wildman–Crippen MR) is 117 cm³/mol. The van der Waals surface area contributed by atoms with E-state index in [1.165, 1.54) is 12.1 Å². The minimum absolute atomic E-state index is 0.0628. The van der Waals surface area contributed by atoms with Crippen molar-refractivity contribution in [2.24, 2.45) is 5.41 Å². The van der Waals surface area contributed by atoms with Crippen molar-refractivity contribution < 1.29 is 14.0 Å². The Morgan fingerprint density at radius 2 is 1.71 bits per heavy atom. The third-order valence-electron chi connectivity index (χ3n) is 7.62. The molecule has 0 radical (unpaired) electrons. The van der Waals surface area contributed by atoms with Crippen molar-refractivity contribution in [3.8, 4) is 0 Å². The third-order valence-corrected chi connectivity index (χ3v) is 7.95. The standard InChI is InChI=1S/C25H26ClFN2O2/c26-21-4-2-1-3-19(21)25(9-10-25)23(31)29-13-11-24(12-14-29)15-22(30)28-16-20(24)17-5-7-18(27)8-6-17/h1-8,20H,9-16H2,(H,28,30). The second-order valence-electron chi connectivity index (χ2n) is 9.30. The smallest absolute Gasteiger partial charge is 0.233 e. The lowest BCUT2D eigenvalue weighted by Gasteiger charge is -2.49. The van der Waals surface area contributed by atoms with E-state index in [0.717, 1.165) is 36.8 Å². The second-order valence-corrected chi connectivity index (χ2v) is 9.71. The summed E-state index contributed by atoms with van der Waals surface area (Å²) in [5, 5.41) is 3.64. The first-order chi connectivity index (χ1) is 14.9. The summed E-state index contributed by atoms with van der Waals surface area (Å²) in [6, 6.07) is 14.3. The molecule has 162 valence electrons. The Balaban J connectivity index is 1.35. The van der Waals surface area contributed by atoms with E-state index in [9.17, 15) is 14.0 Å². The summed E-state index contributed by atoms with van der Waals surface area (Å²) < 4.78 is 13.5. The number of benzene rings is 2. The maximum atomic E-state index is 13.5. The Kier molecular flexibility index (Phi) is 5.04. The summed E-state index contributed by atoms with van der Waals surface area (Å²) in [5.41, 5.74) is 1.31. The Hall–Kier alpha value is -2.40. The zero-order chi connectivity index (χ0) is 21.6. The highest BCUT2D eigenvalue weighted by atomic mass is 35.5. The normalized spacial score (nSPS) is 24.0. The lowest BCUT2D eigenvalue weighted by molar-refractivity contribution is -0.138. The van der Waals surface area contributed by atoms with Crippen molar-refractivity contribution in [3.05, 3.63) is 70.5 Å². The molecule has 4 nitrogen and oxygen atoms in total. The van der Waals surface area contributed by atoms with Crippen LogP contribution in [0.25, 0.3) is 0 Å². The number of carbonyl (C=O) groups is 2. The topological polar surface area (TPSA) is 49.4 Å². The van der Waals surface area contributed by atoms with Crippen LogP contribution in [-0.4, -0.2) is 36.3 Å². The van der Waals surface area contributed by atoms with Crippen LogP contribution in [0.1, 0.15) is 49.1 Å². The number of rotatable bonds is 3. The van der Waals surface area contributed by atoms with Crippen molar-refractivity contribution >= 4 is 23.4 Å². The molecule has 0 bridgehead atoms. The van der Waals surface area contributed by atoms with Crippen LogP contribution in [0.5, 0.6) is 0 Å². The first-order valence-corrected chi connectivity index (χ1v) is 11.4. The number of nitrogens with one attached hydrogen (secondary N) is 1. The van der Waals surface area contributed by atoms with E-state index in [-0.39, 0.29) is 29.0 Å². The van der Waals surface area contributed by atoms with Crippen LogP contribution in [-0.2, 0) is 15.0 Å². The molecule has 1 aliphatic carbocycles. The molecule has 2 amide bonds. The van der Waals surface area contributed by atoms with E-state index < -0.39 is 5.41 Å². The minimum atomic E-state index is -0.483. The lowest BCUT2D eigenvalue weighted by atomic mass is 9.62. The van der Waals surface area contributed by atoms with Crippen molar-refractivity contribution in [2.75, 3.05) is 19.6 Å². The van der Waals surface area contributed by atoms with E-state index in [2.05, 4.69) is 5.32 Å². The molecule has 1 unspecified atom stereocenters. The molecule has 31 heavy (non-hydrogen) atoms. The Bertz CT molecular complexity index is 1010. The predicted octanol–water partition coefficient (Wildman–Crippen LogP) is 4.42. The molecule has 2 aromatic rings. The van der Waals surface area contributed by atoms with Gasteiger partial charge >= 0.3 is 0 Å². The molecule has 1 N–H and O–H groups in total. The number of piperidine rings is 2. The molecule has 3 aliphatic rings. The van der Waals surface area contributed by atoms with Gasteiger partial charge in [-0.1, -0.05) is 41.9 Å². The summed E-state index contributed by atoms with van der Waals surface area (Å²) in [4.78, 5) is 27.8. The van der Waals surface area contributed by atoms with Crippen LogP contribution in [0, 0.1) is 11.2 Å². The van der Waals surface area contributed by atoms with Gasteiger partial charge in [-0.05, 0) is 60.4 Å². The van der Waals surface area contributed by atoms with Crippen LogP contribution in [0.3, 0.4) is 0 Å². The van der Waals surface area contributed by atoms with Crippen LogP contribution in [0.2, 0.25) is 5.02 Å². The van der Waals surface area contributed by atoms with Crippen molar-refractivity contribution in [3.63, 3.8) is 0 Å². The molecule has 2 aromatic carbocycles. The zero-order valence-electron chi connectivity index (χ0n) is 17.4. The molecule has 2 heterocycles. The highest BCUT2D eigenvalue weighted by molar-refractivity contribution is 6.31. The van der Waals surface area contributed by atoms with Crippen LogP contribution < -0.4 is 5.32 Å². The summed E-state index contributed by atoms with van der Waals surface area (Å²) >= 11 is 6.42. The van der Waals surface area contributed by atoms with Gasteiger partial charge in [-0.15, -0.1) is 0 Å². The molecule has 2 aliphatic heterocycles. The maximum Gasteiger partial charge on any atom is 0.233 e. The van der Waals surface area contributed by atoms with Gasteiger partial charge in [0, 0.05) is 37.0 Å². The van der Waals surface area contributed by atoms with Gasteiger partial charge in [0.05, 0.1) is 5.41 Å². The highest BCUT2D eigenvalue weighted by Crippen LogP contribution is 2.54. The van der Waals surface area contributed by atoms with Gasteiger partial charge < -0.3 is 10.2 Å². The number of nitrogens with zero attached hydrogens (tertiary/aromatic N) is 1. The molecular weight excluding hydrogens is 415 g/mol. The molecule has 1 spiro atoms. The molecule has 1 atom stereocenters. The van der Waals surface area contributed by atoms with E-state index in [1.807, 2.05) is 41.3 Å². The average molecular weight is 441 g/mol. The molecule has 6 heteroatoms. The molecule has 5 rings (SSSR count). The number of hydrogen-bond donors (Lipinski definition) is 1. The van der Waals surface area contributed by atoms with Gasteiger partial charge in [0.25, 0.3) is 0 Å². The zero-order valence-corrected chi connectivity index (χ0v) is 18.1. The number of halogens is 2. The van der Waals surface area contributed by atoms with Gasteiger partial charge in [0.2, 0.25) is 11.8 Å². The fourth-order valence-corrected chi connectivity index (χ4v) is 5.98. The fourth-order valence-electron chi connectivity index (χ4n) is 5.66. The van der Waals surface area contributed by atoms with Crippen LogP contribution in [0.4, 0.5) is 4.39 Å². The van der Waals surface area contributed by atoms with Crippen LogP contribution >= 0.6 is 11.6 Å². The second kappa shape index (κ2) is 7.63. The quantitative estimate of drug-likeness (QED) is 0.767. The van der Waals surface area contributed by atoms with E-state index in [0.29, 0.717) is 31.1 Å².